The van der Waals surface area contributed by atoms with Gasteiger partial charge in [0.25, 0.3) is 4.82 Å². The fourth-order valence-corrected chi connectivity index (χ4v) is 3.07. The quantitative estimate of drug-likeness (QED) is 0.530. The second-order valence-electron chi connectivity index (χ2n) is 2.52. The second-order valence-corrected chi connectivity index (χ2v) is 5.47. The Morgan fingerprint density at radius 2 is 2.18 bits per heavy atom. The van der Waals surface area contributed by atoms with E-state index in [-0.39, 0.29) is 22.4 Å². The fourth-order valence-electron chi connectivity index (χ4n) is 1.07. The standard InChI is InChI=1S/C5H8BrNO3S/c6-5(8)7-4-1-2-11(9,10)3-4/h4H,1-3H2,(H,7,8). The molecule has 1 fully saturated rings. The molecule has 11 heavy (non-hydrogen) atoms. The second kappa shape index (κ2) is 3.10. The first-order chi connectivity index (χ1) is 4.99. The molecular weight excluding hydrogens is 234 g/mol. The van der Waals surface area contributed by atoms with Crippen LogP contribution in [0.1, 0.15) is 6.42 Å². The van der Waals surface area contributed by atoms with Crippen LogP contribution in [0.4, 0.5) is 4.79 Å². The van der Waals surface area contributed by atoms with Gasteiger partial charge in [0.05, 0.1) is 11.5 Å². The maximum absolute atomic E-state index is 10.9. The molecule has 1 aliphatic heterocycles. The van der Waals surface area contributed by atoms with Crippen molar-refractivity contribution in [2.75, 3.05) is 11.5 Å². The molecule has 0 saturated carbocycles. The van der Waals surface area contributed by atoms with Crippen LogP contribution in [0.25, 0.3) is 0 Å². The first-order valence-electron chi connectivity index (χ1n) is 3.16. The molecule has 6 heteroatoms. The lowest BCUT2D eigenvalue weighted by atomic mass is 10.3. The van der Waals surface area contributed by atoms with E-state index in [9.17, 15) is 13.2 Å². The van der Waals surface area contributed by atoms with E-state index in [2.05, 4.69) is 21.2 Å². The highest BCUT2D eigenvalue weighted by atomic mass is 79.9. The fraction of sp³-hybridized carbons (Fsp3) is 0.800. The van der Waals surface area contributed by atoms with Gasteiger partial charge in [0.15, 0.2) is 9.84 Å². The average molecular weight is 242 g/mol. The largest absolute Gasteiger partial charge is 0.343 e. The monoisotopic (exact) mass is 241 g/mol. The molecular formula is C5H8BrNO3S. The van der Waals surface area contributed by atoms with Crippen LogP contribution in [0, 0.1) is 0 Å². The molecule has 1 rings (SSSR count). The van der Waals surface area contributed by atoms with E-state index < -0.39 is 9.84 Å². The summed E-state index contributed by atoms with van der Waals surface area (Å²) in [6.07, 6.45) is 0.527. The number of hydrogen-bond donors (Lipinski definition) is 1. The van der Waals surface area contributed by atoms with E-state index in [1.165, 1.54) is 0 Å². The number of hydrogen-bond acceptors (Lipinski definition) is 3. The number of amides is 1. The SMILES string of the molecule is O=C(Br)NC1CCS(=O)(=O)C1. The number of sulfone groups is 1. The number of nitrogens with one attached hydrogen (secondary N) is 1. The van der Waals surface area contributed by atoms with E-state index in [1.54, 1.807) is 0 Å². The van der Waals surface area contributed by atoms with Crippen molar-refractivity contribution in [3.8, 4) is 0 Å². The zero-order valence-corrected chi connectivity index (χ0v) is 8.11. The van der Waals surface area contributed by atoms with Crippen LogP contribution in [0.15, 0.2) is 0 Å². The molecule has 0 bridgehead atoms. The van der Waals surface area contributed by atoms with Crippen LogP contribution in [0.2, 0.25) is 0 Å². The minimum absolute atomic E-state index is 0.0737. The summed E-state index contributed by atoms with van der Waals surface area (Å²) in [7, 11) is -2.88. The van der Waals surface area contributed by atoms with Crippen molar-refractivity contribution in [3.05, 3.63) is 0 Å². The Kier molecular flexibility index (Phi) is 2.54. The molecule has 0 aromatic rings. The van der Waals surface area contributed by atoms with Crippen molar-refractivity contribution < 1.29 is 13.2 Å². The summed E-state index contributed by atoms with van der Waals surface area (Å²) in [5.74, 6) is 0.259. The van der Waals surface area contributed by atoms with Crippen LogP contribution >= 0.6 is 15.9 Å². The maximum Gasteiger partial charge on any atom is 0.287 e. The van der Waals surface area contributed by atoms with Gasteiger partial charge in [-0.2, -0.15) is 0 Å². The van der Waals surface area contributed by atoms with Gasteiger partial charge in [0, 0.05) is 22.0 Å². The van der Waals surface area contributed by atoms with Crippen LogP contribution in [-0.2, 0) is 9.84 Å². The van der Waals surface area contributed by atoms with Crippen LogP contribution < -0.4 is 5.32 Å². The molecule has 1 unspecified atom stereocenters. The molecule has 0 radical (unpaired) electrons. The van der Waals surface area contributed by atoms with Crippen LogP contribution in [0.5, 0.6) is 0 Å². The lowest BCUT2D eigenvalue weighted by molar-refractivity contribution is 0.259. The summed E-state index contributed by atoms with van der Waals surface area (Å²) in [6.45, 7) is 0. The highest BCUT2D eigenvalue weighted by Gasteiger charge is 2.28. The van der Waals surface area contributed by atoms with Crippen molar-refractivity contribution in [1.29, 1.82) is 0 Å². The molecule has 1 amide bonds. The molecule has 1 atom stereocenters. The van der Waals surface area contributed by atoms with Crippen molar-refractivity contribution in [3.63, 3.8) is 0 Å². The topological polar surface area (TPSA) is 63.2 Å². The first-order valence-corrected chi connectivity index (χ1v) is 5.77. The van der Waals surface area contributed by atoms with Gasteiger partial charge in [-0.15, -0.1) is 0 Å². The third-order valence-corrected chi connectivity index (χ3v) is 3.55. The summed E-state index contributed by atoms with van der Waals surface area (Å²) in [4.78, 5) is 10.1. The number of rotatable bonds is 1. The Morgan fingerprint density at radius 3 is 2.55 bits per heavy atom. The predicted octanol–water partition coefficient (Wildman–Crippen LogP) is 0.278. The highest BCUT2D eigenvalue weighted by molar-refractivity contribution is 9.18. The molecule has 0 aromatic carbocycles. The van der Waals surface area contributed by atoms with Crippen molar-refractivity contribution in [1.82, 2.24) is 5.32 Å². The minimum atomic E-state index is -2.88. The normalized spacial score (nSPS) is 28.3. The third kappa shape index (κ3) is 2.78. The number of carbonyl (C=O) groups is 1. The van der Waals surface area contributed by atoms with E-state index >= 15 is 0 Å². The van der Waals surface area contributed by atoms with E-state index in [1.807, 2.05) is 0 Å². The van der Waals surface area contributed by atoms with Gasteiger partial charge in [-0.25, -0.2) is 8.42 Å². The number of halogens is 1. The molecule has 4 nitrogen and oxygen atoms in total. The molecule has 1 N–H and O–H groups in total. The lowest BCUT2D eigenvalue weighted by Gasteiger charge is -2.05. The Morgan fingerprint density at radius 1 is 1.55 bits per heavy atom. The van der Waals surface area contributed by atoms with E-state index in [0.29, 0.717) is 6.42 Å². The van der Waals surface area contributed by atoms with Crippen LogP contribution in [-0.4, -0.2) is 30.8 Å². The summed E-state index contributed by atoms with van der Waals surface area (Å²) < 4.78 is 21.7. The summed E-state index contributed by atoms with van der Waals surface area (Å²) >= 11 is 2.68. The van der Waals surface area contributed by atoms with Crippen molar-refractivity contribution >= 4 is 30.6 Å². The Labute approximate surface area is 73.4 Å². The molecule has 1 saturated heterocycles. The van der Waals surface area contributed by atoms with Crippen LogP contribution in [0.3, 0.4) is 0 Å². The van der Waals surface area contributed by atoms with Gasteiger partial charge in [-0.1, -0.05) is 0 Å². The molecule has 0 spiro atoms. The van der Waals surface area contributed by atoms with Gasteiger partial charge >= 0.3 is 0 Å². The van der Waals surface area contributed by atoms with E-state index in [0.717, 1.165) is 0 Å². The zero-order chi connectivity index (χ0) is 8.48. The summed E-state index contributed by atoms with van der Waals surface area (Å²) in [6, 6.07) is -0.202. The van der Waals surface area contributed by atoms with Gasteiger partial charge < -0.3 is 5.32 Å². The summed E-state index contributed by atoms with van der Waals surface area (Å²) in [5, 5.41) is 2.50. The third-order valence-electron chi connectivity index (χ3n) is 1.55. The Balaban J connectivity index is 2.49. The average Bonchev–Trinajstić information content (AvgIpc) is 2.08. The van der Waals surface area contributed by atoms with Gasteiger partial charge in [-0.3, -0.25) is 4.79 Å². The molecule has 0 aliphatic carbocycles. The lowest BCUT2D eigenvalue weighted by Crippen LogP contribution is -2.31. The highest BCUT2D eigenvalue weighted by Crippen LogP contribution is 2.11. The summed E-state index contributed by atoms with van der Waals surface area (Å²) in [5.41, 5.74) is 0. The molecule has 64 valence electrons. The minimum Gasteiger partial charge on any atom is -0.343 e. The molecule has 0 aromatic heterocycles. The van der Waals surface area contributed by atoms with Gasteiger partial charge in [0.2, 0.25) is 0 Å². The number of carbonyl (C=O) groups excluding carboxylic acids is 1. The van der Waals surface area contributed by atoms with Gasteiger partial charge in [-0.05, 0) is 6.42 Å². The maximum atomic E-state index is 10.9. The smallest absolute Gasteiger partial charge is 0.287 e. The predicted molar refractivity (Wildman–Crippen MR) is 44.5 cm³/mol. The van der Waals surface area contributed by atoms with Crippen molar-refractivity contribution in [2.45, 2.75) is 12.5 Å². The zero-order valence-electron chi connectivity index (χ0n) is 5.71. The first kappa shape index (κ1) is 8.99. The van der Waals surface area contributed by atoms with E-state index in [4.69, 9.17) is 0 Å². The molecule has 1 heterocycles. The Bertz CT molecular complexity index is 261. The van der Waals surface area contributed by atoms with Gasteiger partial charge in [0.1, 0.15) is 0 Å². The Hall–Kier alpha value is -0.100. The van der Waals surface area contributed by atoms with Crippen molar-refractivity contribution in [2.24, 2.45) is 0 Å². The molecule has 1 aliphatic rings.